The normalized spacial score (nSPS) is 16.4. The molecule has 2 aromatic heterocycles. The number of benzene rings is 2. The molecule has 3 heterocycles. The smallest absolute Gasteiger partial charge is 0.258 e. The van der Waals surface area contributed by atoms with Crippen LogP contribution < -0.4 is 5.32 Å². The Hall–Kier alpha value is -3.78. The Labute approximate surface area is 189 Å². The Morgan fingerprint density at radius 3 is 2.69 bits per heavy atom. The number of thiocarbonyl (C=S) groups is 1. The van der Waals surface area contributed by atoms with E-state index in [4.69, 9.17) is 21.2 Å². The monoisotopic (exact) mass is 446 g/mol. The molecule has 1 atom stereocenters. The molecular weight excluding hydrogens is 427 g/mol. The number of furan rings is 1. The molecule has 0 aliphatic carbocycles. The maximum atomic E-state index is 14.0. The van der Waals surface area contributed by atoms with Gasteiger partial charge in [0.05, 0.1) is 24.4 Å². The van der Waals surface area contributed by atoms with E-state index in [1.165, 1.54) is 12.1 Å². The number of rotatable bonds is 5. The van der Waals surface area contributed by atoms with Gasteiger partial charge in [-0.2, -0.15) is 4.98 Å². The van der Waals surface area contributed by atoms with Crippen molar-refractivity contribution in [2.45, 2.75) is 19.5 Å². The lowest BCUT2D eigenvalue weighted by atomic mass is 9.94. The molecule has 8 heteroatoms. The average molecular weight is 447 g/mol. The van der Waals surface area contributed by atoms with Crippen molar-refractivity contribution >= 4 is 22.9 Å². The van der Waals surface area contributed by atoms with Crippen molar-refractivity contribution in [1.29, 1.82) is 0 Å². The van der Waals surface area contributed by atoms with Crippen LogP contribution in [0.3, 0.4) is 0 Å². The summed E-state index contributed by atoms with van der Waals surface area (Å²) >= 11 is 5.65. The zero-order valence-corrected chi connectivity index (χ0v) is 18.0. The Bertz CT molecular complexity index is 1280. The predicted octanol–water partition coefficient (Wildman–Crippen LogP) is 5.33. The molecule has 2 aromatic carbocycles. The van der Waals surface area contributed by atoms with Gasteiger partial charge in [0.25, 0.3) is 5.89 Å². The van der Waals surface area contributed by atoms with Crippen LogP contribution in [0, 0.1) is 5.82 Å². The third-order valence-electron chi connectivity index (χ3n) is 5.36. The van der Waals surface area contributed by atoms with Crippen molar-refractivity contribution in [2.24, 2.45) is 0 Å². The molecule has 32 heavy (non-hydrogen) atoms. The quantitative estimate of drug-likeness (QED) is 0.416. The minimum absolute atomic E-state index is 0.333. The van der Waals surface area contributed by atoms with Crippen LogP contribution in [0.5, 0.6) is 0 Å². The molecule has 0 spiro atoms. The maximum absolute atomic E-state index is 14.0. The van der Waals surface area contributed by atoms with Crippen molar-refractivity contribution in [2.75, 3.05) is 0 Å². The van der Waals surface area contributed by atoms with Crippen LogP contribution >= 0.6 is 12.2 Å². The summed E-state index contributed by atoms with van der Waals surface area (Å²) in [6.45, 7) is 2.37. The van der Waals surface area contributed by atoms with E-state index >= 15 is 0 Å². The third-order valence-corrected chi connectivity index (χ3v) is 5.70. The van der Waals surface area contributed by atoms with E-state index in [9.17, 15) is 4.39 Å². The van der Waals surface area contributed by atoms with Crippen molar-refractivity contribution in [1.82, 2.24) is 20.4 Å². The van der Waals surface area contributed by atoms with Crippen LogP contribution in [0.1, 0.15) is 30.2 Å². The van der Waals surface area contributed by atoms with Gasteiger partial charge >= 0.3 is 0 Å². The lowest BCUT2D eigenvalue weighted by Crippen LogP contribution is -2.45. The van der Waals surface area contributed by atoms with Gasteiger partial charge in [-0.1, -0.05) is 47.6 Å². The Morgan fingerprint density at radius 1 is 1.09 bits per heavy atom. The van der Waals surface area contributed by atoms with E-state index in [1.54, 1.807) is 12.3 Å². The van der Waals surface area contributed by atoms with Crippen molar-refractivity contribution in [3.05, 3.63) is 102 Å². The first kappa shape index (κ1) is 20.1. The van der Waals surface area contributed by atoms with E-state index in [1.807, 2.05) is 60.4 Å². The molecular formula is C24H19FN4O2S. The summed E-state index contributed by atoms with van der Waals surface area (Å²) in [7, 11) is 0. The summed E-state index contributed by atoms with van der Waals surface area (Å²) in [5.41, 5.74) is 3.10. The second-order valence-corrected chi connectivity index (χ2v) is 7.78. The van der Waals surface area contributed by atoms with Gasteiger partial charge in [0, 0.05) is 11.3 Å². The number of aromatic nitrogens is 2. The average Bonchev–Trinajstić information content (AvgIpc) is 3.49. The predicted molar refractivity (Wildman–Crippen MR) is 121 cm³/mol. The van der Waals surface area contributed by atoms with Crippen molar-refractivity contribution < 1.29 is 13.3 Å². The summed E-state index contributed by atoms with van der Waals surface area (Å²) < 4.78 is 25.2. The van der Waals surface area contributed by atoms with Gasteiger partial charge < -0.3 is 19.2 Å². The highest BCUT2D eigenvalue weighted by atomic mass is 32.1. The zero-order chi connectivity index (χ0) is 22.1. The van der Waals surface area contributed by atoms with E-state index < -0.39 is 6.04 Å². The van der Waals surface area contributed by atoms with E-state index in [0.717, 1.165) is 22.6 Å². The highest BCUT2D eigenvalue weighted by molar-refractivity contribution is 7.80. The van der Waals surface area contributed by atoms with E-state index in [2.05, 4.69) is 15.5 Å². The Balaban J connectivity index is 1.61. The molecule has 4 aromatic rings. The van der Waals surface area contributed by atoms with Gasteiger partial charge in [-0.05, 0) is 49.0 Å². The number of hydrogen-bond donors (Lipinski definition) is 1. The second-order valence-electron chi connectivity index (χ2n) is 7.39. The molecule has 6 nitrogen and oxygen atoms in total. The molecule has 0 fully saturated rings. The van der Waals surface area contributed by atoms with Gasteiger partial charge in [-0.3, -0.25) is 0 Å². The lowest BCUT2D eigenvalue weighted by Gasteiger charge is -2.37. The molecule has 1 unspecified atom stereocenters. The van der Waals surface area contributed by atoms with Crippen LogP contribution in [0.25, 0.3) is 17.0 Å². The molecule has 0 saturated carbocycles. The molecule has 0 amide bonds. The molecule has 1 aliphatic rings. The van der Waals surface area contributed by atoms with Gasteiger partial charge in [0.1, 0.15) is 11.6 Å². The van der Waals surface area contributed by atoms with Gasteiger partial charge in [0.2, 0.25) is 5.82 Å². The van der Waals surface area contributed by atoms with Crippen molar-refractivity contribution in [3.63, 3.8) is 0 Å². The number of nitrogens with zero attached hydrogens (tertiary/aromatic N) is 3. The highest BCUT2D eigenvalue weighted by Crippen LogP contribution is 2.38. The standard InChI is InChI=1S/C24H19FN4O2S/c1-15-20(23-27-22(28-31-23)16-7-3-2-4-8-16)21(17-9-5-10-18(25)13-17)26-24(32)29(15)14-19-11-6-12-30-19/h2-13,21H,14H2,1H3,(H,26,32). The summed E-state index contributed by atoms with van der Waals surface area (Å²) in [6, 6.07) is 19.2. The molecule has 1 aliphatic heterocycles. The first-order valence-electron chi connectivity index (χ1n) is 10.1. The fourth-order valence-electron chi connectivity index (χ4n) is 3.78. The number of hydrogen-bond acceptors (Lipinski definition) is 5. The minimum Gasteiger partial charge on any atom is -0.467 e. The third kappa shape index (κ3) is 3.80. The van der Waals surface area contributed by atoms with Crippen LogP contribution in [-0.2, 0) is 6.54 Å². The summed E-state index contributed by atoms with van der Waals surface area (Å²) in [6.07, 6.45) is 1.62. The summed E-state index contributed by atoms with van der Waals surface area (Å²) in [4.78, 5) is 6.55. The number of nitrogens with one attached hydrogen (secondary N) is 1. The Kier molecular flexibility index (Phi) is 5.28. The molecule has 0 radical (unpaired) electrons. The molecule has 160 valence electrons. The fourth-order valence-corrected chi connectivity index (χ4v) is 4.10. The van der Waals surface area contributed by atoms with Gasteiger partial charge in [0.15, 0.2) is 5.11 Å². The topological polar surface area (TPSA) is 67.3 Å². The van der Waals surface area contributed by atoms with Crippen LogP contribution in [-0.4, -0.2) is 20.2 Å². The van der Waals surface area contributed by atoms with Gasteiger partial charge in [-0.25, -0.2) is 4.39 Å². The molecule has 1 N–H and O–H groups in total. The van der Waals surface area contributed by atoms with E-state index in [0.29, 0.717) is 28.9 Å². The van der Waals surface area contributed by atoms with Crippen LogP contribution in [0.15, 0.2) is 87.6 Å². The fraction of sp³-hybridized carbons (Fsp3) is 0.125. The number of halogens is 1. The first-order chi connectivity index (χ1) is 15.6. The summed E-state index contributed by atoms with van der Waals surface area (Å²) in [5.74, 6) is 1.24. The van der Waals surface area contributed by atoms with Crippen molar-refractivity contribution in [3.8, 4) is 11.4 Å². The maximum Gasteiger partial charge on any atom is 0.258 e. The lowest BCUT2D eigenvalue weighted by molar-refractivity contribution is 0.382. The zero-order valence-electron chi connectivity index (χ0n) is 17.2. The SMILES string of the molecule is CC1=C(c2nc(-c3ccccc3)no2)C(c2cccc(F)c2)NC(=S)N1Cc1ccco1. The van der Waals surface area contributed by atoms with E-state index in [-0.39, 0.29) is 5.82 Å². The van der Waals surface area contributed by atoms with Crippen LogP contribution in [0.2, 0.25) is 0 Å². The first-order valence-corrected chi connectivity index (χ1v) is 10.5. The Morgan fingerprint density at radius 2 is 1.94 bits per heavy atom. The molecule has 0 saturated heterocycles. The van der Waals surface area contributed by atoms with Crippen LogP contribution in [0.4, 0.5) is 4.39 Å². The largest absolute Gasteiger partial charge is 0.467 e. The summed E-state index contributed by atoms with van der Waals surface area (Å²) in [5, 5.41) is 7.98. The van der Waals surface area contributed by atoms with Gasteiger partial charge in [-0.15, -0.1) is 0 Å². The molecule has 0 bridgehead atoms. The molecule has 5 rings (SSSR count). The number of allylic oxidation sites excluding steroid dienone is 1. The highest BCUT2D eigenvalue weighted by Gasteiger charge is 2.34. The minimum atomic E-state index is -0.449. The second kappa shape index (κ2) is 8.39.